The molecule has 0 saturated carbocycles. The molecule has 4 nitrogen and oxygen atoms in total. The standard InChI is InChI=1S/C15H12N2O2S2/c18-13-11-9-21-14(12-7-4-8-20-12)17(11)15(19)16(13)10-5-2-1-3-6-10/h1-8,11,14H,9H2. The summed E-state index contributed by atoms with van der Waals surface area (Å²) < 4.78 is 0. The van der Waals surface area contributed by atoms with Gasteiger partial charge in [-0.15, -0.1) is 23.1 Å². The number of para-hydroxylation sites is 1. The van der Waals surface area contributed by atoms with Gasteiger partial charge in [0, 0.05) is 10.6 Å². The maximum atomic E-state index is 12.7. The number of thiophene rings is 1. The van der Waals surface area contributed by atoms with E-state index in [2.05, 4.69) is 0 Å². The summed E-state index contributed by atoms with van der Waals surface area (Å²) in [5.41, 5.74) is 0.650. The van der Waals surface area contributed by atoms with Crippen molar-refractivity contribution in [2.24, 2.45) is 0 Å². The number of thioether (sulfide) groups is 1. The van der Waals surface area contributed by atoms with Gasteiger partial charge in [-0.25, -0.2) is 9.69 Å². The molecule has 0 N–H and O–H groups in total. The Bertz CT molecular complexity index is 687. The molecule has 0 radical (unpaired) electrons. The maximum absolute atomic E-state index is 12.7. The molecular weight excluding hydrogens is 304 g/mol. The molecule has 2 fully saturated rings. The first-order valence-corrected chi connectivity index (χ1v) is 8.56. The molecule has 4 rings (SSSR count). The van der Waals surface area contributed by atoms with Crippen molar-refractivity contribution in [3.05, 3.63) is 52.7 Å². The van der Waals surface area contributed by atoms with Gasteiger partial charge in [0.1, 0.15) is 11.4 Å². The van der Waals surface area contributed by atoms with Crippen LogP contribution in [0.1, 0.15) is 10.3 Å². The third-order valence-corrected chi connectivity index (χ3v) is 6.10. The van der Waals surface area contributed by atoms with Crippen molar-refractivity contribution in [1.82, 2.24) is 4.90 Å². The van der Waals surface area contributed by atoms with Gasteiger partial charge in [-0.1, -0.05) is 24.3 Å². The predicted octanol–water partition coefficient (Wildman–Crippen LogP) is 3.33. The zero-order chi connectivity index (χ0) is 14.4. The average Bonchev–Trinajstić information content (AvgIpc) is 3.20. The van der Waals surface area contributed by atoms with Gasteiger partial charge in [0.2, 0.25) is 0 Å². The molecular formula is C15H12N2O2S2. The molecule has 0 spiro atoms. The number of rotatable bonds is 2. The first-order valence-electron chi connectivity index (χ1n) is 6.63. The predicted molar refractivity (Wildman–Crippen MR) is 84.5 cm³/mol. The number of hydrogen-bond acceptors (Lipinski definition) is 4. The van der Waals surface area contributed by atoms with Crippen molar-refractivity contribution >= 4 is 40.7 Å². The van der Waals surface area contributed by atoms with Crippen molar-refractivity contribution in [3.8, 4) is 0 Å². The van der Waals surface area contributed by atoms with Crippen LogP contribution in [0.25, 0.3) is 0 Å². The highest BCUT2D eigenvalue weighted by Crippen LogP contribution is 2.47. The number of urea groups is 1. The first-order chi connectivity index (χ1) is 10.3. The number of carbonyl (C=O) groups excluding carboxylic acids is 2. The first kappa shape index (κ1) is 12.9. The fourth-order valence-corrected chi connectivity index (χ4v) is 5.14. The number of amides is 3. The Hall–Kier alpha value is -1.79. The van der Waals surface area contributed by atoms with Gasteiger partial charge in [0.25, 0.3) is 5.91 Å². The van der Waals surface area contributed by atoms with Crippen molar-refractivity contribution in [2.45, 2.75) is 11.4 Å². The van der Waals surface area contributed by atoms with Crippen LogP contribution in [0.5, 0.6) is 0 Å². The van der Waals surface area contributed by atoms with E-state index in [1.165, 1.54) is 4.90 Å². The SMILES string of the molecule is O=C1C2CSC(c3cccs3)N2C(=O)N1c1ccccc1. The molecule has 2 unspecified atom stereocenters. The summed E-state index contributed by atoms with van der Waals surface area (Å²) in [6.45, 7) is 0. The lowest BCUT2D eigenvalue weighted by Gasteiger charge is -2.21. The van der Waals surface area contributed by atoms with E-state index in [0.717, 1.165) is 4.88 Å². The number of benzene rings is 1. The van der Waals surface area contributed by atoms with Crippen molar-refractivity contribution in [2.75, 3.05) is 10.7 Å². The van der Waals surface area contributed by atoms with Crippen molar-refractivity contribution < 1.29 is 9.59 Å². The minimum Gasteiger partial charge on any atom is -0.294 e. The summed E-state index contributed by atoms with van der Waals surface area (Å²) in [7, 11) is 0. The molecule has 106 valence electrons. The molecule has 2 saturated heterocycles. The Morgan fingerprint density at radius 1 is 1.05 bits per heavy atom. The number of imide groups is 1. The highest BCUT2D eigenvalue weighted by atomic mass is 32.2. The van der Waals surface area contributed by atoms with Crippen LogP contribution >= 0.6 is 23.1 Å². The number of nitrogens with zero attached hydrogens (tertiary/aromatic N) is 2. The van der Waals surface area contributed by atoms with Crippen LogP contribution in [0.4, 0.5) is 10.5 Å². The second kappa shape index (κ2) is 4.89. The van der Waals surface area contributed by atoms with Crippen molar-refractivity contribution in [3.63, 3.8) is 0 Å². The van der Waals surface area contributed by atoms with Gasteiger partial charge in [-0.05, 0) is 23.6 Å². The van der Waals surface area contributed by atoms with E-state index in [-0.39, 0.29) is 23.4 Å². The molecule has 2 aliphatic rings. The smallest absolute Gasteiger partial charge is 0.294 e. The van der Waals surface area contributed by atoms with Crippen LogP contribution in [0, 0.1) is 0 Å². The van der Waals surface area contributed by atoms with Gasteiger partial charge < -0.3 is 0 Å². The summed E-state index contributed by atoms with van der Waals surface area (Å²) in [6.07, 6.45) is 0. The lowest BCUT2D eigenvalue weighted by atomic mass is 10.2. The minimum absolute atomic E-state index is 0.0415. The third kappa shape index (κ3) is 1.90. The fraction of sp³-hybridized carbons (Fsp3) is 0.200. The van der Waals surface area contributed by atoms with Gasteiger partial charge in [-0.2, -0.15) is 0 Å². The molecule has 0 bridgehead atoms. The van der Waals surface area contributed by atoms with Crippen LogP contribution < -0.4 is 4.90 Å². The topological polar surface area (TPSA) is 40.6 Å². The zero-order valence-electron chi connectivity index (χ0n) is 11.0. The Balaban J connectivity index is 1.71. The Morgan fingerprint density at radius 2 is 1.86 bits per heavy atom. The van der Waals surface area contributed by atoms with E-state index < -0.39 is 0 Å². The van der Waals surface area contributed by atoms with Crippen LogP contribution in [-0.2, 0) is 4.79 Å². The number of anilines is 1. The van der Waals surface area contributed by atoms with Crippen LogP contribution in [0.15, 0.2) is 47.8 Å². The Morgan fingerprint density at radius 3 is 2.57 bits per heavy atom. The van der Waals surface area contributed by atoms with Crippen LogP contribution in [0.2, 0.25) is 0 Å². The molecule has 6 heteroatoms. The molecule has 2 aliphatic heterocycles. The largest absolute Gasteiger partial charge is 0.333 e. The summed E-state index contributed by atoms with van der Waals surface area (Å²) >= 11 is 3.29. The molecule has 2 atom stereocenters. The summed E-state index contributed by atoms with van der Waals surface area (Å²) in [5, 5.41) is 1.96. The molecule has 0 aliphatic carbocycles. The quantitative estimate of drug-likeness (QED) is 0.798. The zero-order valence-corrected chi connectivity index (χ0v) is 12.6. The Labute approximate surface area is 130 Å². The van der Waals surface area contributed by atoms with Gasteiger partial charge in [-0.3, -0.25) is 9.69 Å². The van der Waals surface area contributed by atoms with E-state index in [1.54, 1.807) is 40.1 Å². The fourth-order valence-electron chi connectivity index (χ4n) is 2.75. The van der Waals surface area contributed by atoms with E-state index in [4.69, 9.17) is 0 Å². The van der Waals surface area contributed by atoms with E-state index >= 15 is 0 Å². The van der Waals surface area contributed by atoms with Crippen molar-refractivity contribution in [1.29, 1.82) is 0 Å². The average molecular weight is 316 g/mol. The van der Waals surface area contributed by atoms with Gasteiger partial charge in [0.05, 0.1) is 5.69 Å². The third-order valence-electron chi connectivity index (χ3n) is 3.72. The van der Waals surface area contributed by atoms with Gasteiger partial charge >= 0.3 is 6.03 Å². The molecule has 2 aromatic rings. The number of hydrogen-bond donors (Lipinski definition) is 0. The molecule has 21 heavy (non-hydrogen) atoms. The number of carbonyl (C=O) groups is 2. The summed E-state index contributed by atoms with van der Waals surface area (Å²) in [5.74, 6) is 0.550. The van der Waals surface area contributed by atoms with E-state index in [9.17, 15) is 9.59 Å². The van der Waals surface area contributed by atoms with Crippen LogP contribution in [-0.4, -0.2) is 28.6 Å². The summed E-state index contributed by atoms with van der Waals surface area (Å²) in [4.78, 5) is 29.5. The monoisotopic (exact) mass is 316 g/mol. The molecule has 1 aromatic heterocycles. The maximum Gasteiger partial charge on any atom is 0.333 e. The van der Waals surface area contributed by atoms with Gasteiger partial charge in [0.15, 0.2) is 0 Å². The highest BCUT2D eigenvalue weighted by molar-refractivity contribution is 7.99. The second-order valence-corrected chi connectivity index (χ2v) is 7.01. The van der Waals surface area contributed by atoms with E-state index in [0.29, 0.717) is 11.4 Å². The minimum atomic E-state index is -0.338. The highest BCUT2D eigenvalue weighted by Gasteiger charge is 2.53. The van der Waals surface area contributed by atoms with Crippen LogP contribution in [0.3, 0.4) is 0 Å². The lowest BCUT2D eigenvalue weighted by molar-refractivity contribution is -0.119. The molecule has 3 heterocycles. The molecule has 3 amide bonds. The number of fused-ring (bicyclic) bond motifs is 1. The lowest BCUT2D eigenvalue weighted by Crippen LogP contribution is -2.33. The summed E-state index contributed by atoms with van der Waals surface area (Å²) in [6, 6.07) is 12.6. The molecule has 1 aromatic carbocycles. The van der Waals surface area contributed by atoms with E-state index in [1.807, 2.05) is 35.7 Å². The normalized spacial score (nSPS) is 24.8. The Kier molecular flexibility index (Phi) is 3.01. The second-order valence-electron chi connectivity index (χ2n) is 4.92.